The summed E-state index contributed by atoms with van der Waals surface area (Å²) in [6.45, 7) is 0. The van der Waals surface area contributed by atoms with Crippen molar-refractivity contribution < 1.29 is 4.79 Å². The number of carbonyl (C=O) groups excluding carboxylic acids is 1. The number of carbonyl (C=O) groups is 1. The Kier molecular flexibility index (Phi) is 1.66. The van der Waals surface area contributed by atoms with Crippen molar-refractivity contribution in [2.45, 2.75) is 50.1 Å². The Balaban J connectivity index is 1.42. The summed E-state index contributed by atoms with van der Waals surface area (Å²) in [5.74, 6) is 3.64. The third kappa shape index (κ3) is 1.05. The van der Waals surface area contributed by atoms with Gasteiger partial charge < -0.3 is 11.1 Å². The number of rotatable bonds is 2. The normalized spacial score (nSPS) is 50.7. The molecule has 0 radical (unpaired) electrons. The van der Waals surface area contributed by atoms with Crippen molar-refractivity contribution in [2.75, 3.05) is 0 Å². The van der Waals surface area contributed by atoms with Gasteiger partial charge >= 0.3 is 0 Å². The van der Waals surface area contributed by atoms with Gasteiger partial charge in [0.15, 0.2) is 0 Å². The van der Waals surface area contributed by atoms with E-state index in [1.54, 1.807) is 0 Å². The highest BCUT2D eigenvalue weighted by atomic mass is 16.2. The van der Waals surface area contributed by atoms with Crippen LogP contribution < -0.4 is 11.1 Å². The summed E-state index contributed by atoms with van der Waals surface area (Å²) in [5, 5.41) is 3.24. The maximum atomic E-state index is 12.0. The average molecular weight is 220 g/mol. The van der Waals surface area contributed by atoms with Crippen LogP contribution in [0.1, 0.15) is 38.5 Å². The molecule has 0 spiro atoms. The average Bonchev–Trinajstić information content (AvgIpc) is 2.65. The van der Waals surface area contributed by atoms with Crippen LogP contribution in [0.2, 0.25) is 0 Å². The molecule has 4 unspecified atom stereocenters. The highest BCUT2D eigenvalue weighted by Crippen LogP contribution is 2.65. The van der Waals surface area contributed by atoms with Crippen molar-refractivity contribution in [3.05, 3.63) is 0 Å². The van der Waals surface area contributed by atoms with E-state index >= 15 is 0 Å². The van der Waals surface area contributed by atoms with Crippen LogP contribution in [0, 0.1) is 23.7 Å². The van der Waals surface area contributed by atoms with Gasteiger partial charge in [0.05, 0.1) is 5.54 Å². The van der Waals surface area contributed by atoms with E-state index in [0.29, 0.717) is 6.04 Å². The minimum absolute atomic E-state index is 0.137. The first-order valence-electron chi connectivity index (χ1n) is 6.79. The molecule has 3 N–H and O–H groups in total. The molecule has 4 aliphatic carbocycles. The fourth-order valence-corrected chi connectivity index (χ4v) is 4.60. The third-order valence-corrected chi connectivity index (χ3v) is 5.73. The summed E-state index contributed by atoms with van der Waals surface area (Å²) >= 11 is 0. The quantitative estimate of drug-likeness (QED) is 0.730. The lowest BCUT2D eigenvalue weighted by Gasteiger charge is -2.36. The Morgan fingerprint density at radius 2 is 1.81 bits per heavy atom. The van der Waals surface area contributed by atoms with Gasteiger partial charge in [0.1, 0.15) is 0 Å². The van der Waals surface area contributed by atoms with Crippen molar-refractivity contribution in [3.63, 3.8) is 0 Å². The molecule has 0 saturated heterocycles. The van der Waals surface area contributed by atoms with Gasteiger partial charge in [-0.3, -0.25) is 4.79 Å². The Labute approximate surface area is 96.1 Å². The maximum absolute atomic E-state index is 12.0. The molecule has 4 atom stereocenters. The number of nitrogens with two attached hydrogens (primary N) is 1. The zero-order chi connectivity index (χ0) is 10.9. The zero-order valence-electron chi connectivity index (χ0n) is 9.61. The lowest BCUT2D eigenvalue weighted by atomic mass is 9.77. The molecule has 1 amide bonds. The lowest BCUT2D eigenvalue weighted by molar-refractivity contribution is -0.129. The van der Waals surface area contributed by atoms with Crippen LogP contribution >= 0.6 is 0 Å². The number of hydrogen-bond acceptors (Lipinski definition) is 2. The van der Waals surface area contributed by atoms with Gasteiger partial charge in [-0.15, -0.1) is 0 Å². The van der Waals surface area contributed by atoms with E-state index in [-0.39, 0.29) is 5.91 Å². The van der Waals surface area contributed by atoms with E-state index in [1.807, 2.05) is 0 Å². The molecule has 0 aromatic heterocycles. The van der Waals surface area contributed by atoms with Crippen molar-refractivity contribution in [1.29, 1.82) is 0 Å². The van der Waals surface area contributed by atoms with Crippen LogP contribution in [0.25, 0.3) is 0 Å². The van der Waals surface area contributed by atoms with E-state index in [9.17, 15) is 4.79 Å². The molecule has 0 aliphatic heterocycles. The molecule has 2 bridgehead atoms. The number of amides is 1. The van der Waals surface area contributed by atoms with Crippen molar-refractivity contribution >= 4 is 5.91 Å². The van der Waals surface area contributed by atoms with Crippen molar-refractivity contribution in [2.24, 2.45) is 29.4 Å². The van der Waals surface area contributed by atoms with E-state index in [0.717, 1.165) is 42.9 Å². The molecular formula is C13H20N2O. The second kappa shape index (κ2) is 2.81. The standard InChI is InChI=1S/C13H20N2O/c14-13(4-1-5-13)12(16)15-11-9-7-2-3-8(6-7)10(9)11/h7-11H,1-6,14H2,(H,15,16). The lowest BCUT2D eigenvalue weighted by Crippen LogP contribution is -2.59. The topological polar surface area (TPSA) is 55.1 Å². The van der Waals surface area contributed by atoms with Gasteiger partial charge in [-0.2, -0.15) is 0 Å². The Morgan fingerprint density at radius 1 is 1.19 bits per heavy atom. The van der Waals surface area contributed by atoms with Crippen molar-refractivity contribution in [3.8, 4) is 0 Å². The van der Waals surface area contributed by atoms with Crippen LogP contribution in [0.4, 0.5) is 0 Å². The summed E-state index contributed by atoms with van der Waals surface area (Å²) in [5.41, 5.74) is 5.54. The molecule has 0 aromatic carbocycles. The number of nitrogens with one attached hydrogen (secondary N) is 1. The molecule has 16 heavy (non-hydrogen) atoms. The second-order valence-electron chi connectivity index (χ2n) is 6.50. The molecule has 88 valence electrons. The molecule has 4 saturated carbocycles. The van der Waals surface area contributed by atoms with Crippen molar-refractivity contribution in [1.82, 2.24) is 5.32 Å². The van der Waals surface area contributed by atoms with E-state index in [4.69, 9.17) is 5.73 Å². The zero-order valence-corrected chi connectivity index (χ0v) is 9.61. The number of hydrogen-bond donors (Lipinski definition) is 2. The first-order valence-corrected chi connectivity index (χ1v) is 6.79. The molecule has 3 nitrogen and oxygen atoms in total. The van der Waals surface area contributed by atoms with Gasteiger partial charge in [0, 0.05) is 6.04 Å². The van der Waals surface area contributed by atoms with E-state index in [1.165, 1.54) is 19.3 Å². The second-order valence-corrected chi connectivity index (χ2v) is 6.50. The van der Waals surface area contributed by atoms with E-state index in [2.05, 4.69) is 5.32 Å². The molecule has 4 rings (SSSR count). The predicted octanol–water partition coefficient (Wildman–Crippen LogP) is 1.03. The summed E-state index contributed by atoms with van der Waals surface area (Å²) in [4.78, 5) is 12.0. The summed E-state index contributed by atoms with van der Waals surface area (Å²) < 4.78 is 0. The monoisotopic (exact) mass is 220 g/mol. The molecule has 3 heteroatoms. The fraction of sp³-hybridized carbons (Fsp3) is 0.923. The van der Waals surface area contributed by atoms with Crippen LogP contribution in [0.15, 0.2) is 0 Å². The van der Waals surface area contributed by atoms with Gasteiger partial charge in [0.2, 0.25) is 5.91 Å². The SMILES string of the molecule is NC1(C(=O)NC2C3C4CCC(C4)C23)CCC1. The molecule has 0 aromatic rings. The van der Waals surface area contributed by atoms with Crippen LogP contribution in [-0.4, -0.2) is 17.5 Å². The minimum atomic E-state index is -0.504. The summed E-state index contributed by atoms with van der Waals surface area (Å²) in [6.07, 6.45) is 7.14. The molecule has 0 heterocycles. The third-order valence-electron chi connectivity index (χ3n) is 5.73. The Hall–Kier alpha value is -0.570. The number of fused-ring (bicyclic) bond motifs is 5. The molecule has 4 aliphatic rings. The Morgan fingerprint density at radius 3 is 2.31 bits per heavy atom. The highest BCUT2D eigenvalue weighted by Gasteiger charge is 2.65. The minimum Gasteiger partial charge on any atom is -0.351 e. The molecule has 4 fully saturated rings. The van der Waals surface area contributed by atoms with Gasteiger partial charge in [-0.1, -0.05) is 0 Å². The van der Waals surface area contributed by atoms with Gasteiger partial charge in [0.25, 0.3) is 0 Å². The highest BCUT2D eigenvalue weighted by molar-refractivity contribution is 5.87. The fourth-order valence-electron chi connectivity index (χ4n) is 4.60. The first kappa shape index (κ1) is 9.46. The predicted molar refractivity (Wildman–Crippen MR) is 60.5 cm³/mol. The summed E-state index contributed by atoms with van der Waals surface area (Å²) in [6, 6.07) is 0.500. The largest absolute Gasteiger partial charge is 0.351 e. The van der Waals surface area contributed by atoms with Crippen LogP contribution in [0.5, 0.6) is 0 Å². The maximum Gasteiger partial charge on any atom is 0.240 e. The first-order chi connectivity index (χ1) is 7.69. The Bertz CT molecular complexity index is 334. The summed E-state index contributed by atoms with van der Waals surface area (Å²) in [7, 11) is 0. The smallest absolute Gasteiger partial charge is 0.240 e. The van der Waals surface area contributed by atoms with Crippen LogP contribution in [-0.2, 0) is 4.79 Å². The van der Waals surface area contributed by atoms with Gasteiger partial charge in [-0.25, -0.2) is 0 Å². The van der Waals surface area contributed by atoms with E-state index < -0.39 is 5.54 Å². The molecular weight excluding hydrogens is 200 g/mol. The van der Waals surface area contributed by atoms with Crippen LogP contribution in [0.3, 0.4) is 0 Å². The van der Waals surface area contributed by atoms with Gasteiger partial charge in [-0.05, 0) is 62.2 Å².